The molecule has 1 rings (SSSR count). The summed E-state index contributed by atoms with van der Waals surface area (Å²) in [5.74, 6) is -0.686. The number of carbonyl (C=O) groups is 3. The summed E-state index contributed by atoms with van der Waals surface area (Å²) < 4.78 is 5.51. The van der Waals surface area contributed by atoms with Crippen molar-refractivity contribution in [3.05, 3.63) is 0 Å². The number of nitrogens with zero attached hydrogens (tertiary/aromatic N) is 1. The molecule has 1 unspecified atom stereocenters. The van der Waals surface area contributed by atoms with Crippen molar-refractivity contribution in [1.82, 2.24) is 4.90 Å². The summed E-state index contributed by atoms with van der Waals surface area (Å²) in [4.78, 5) is 35.7. The number of carboxylic acids is 1. The lowest BCUT2D eigenvalue weighted by molar-refractivity contribution is -0.153. The van der Waals surface area contributed by atoms with Crippen LogP contribution in [0.3, 0.4) is 0 Å². The van der Waals surface area contributed by atoms with Crippen molar-refractivity contribution in [2.24, 2.45) is 5.92 Å². The minimum Gasteiger partial charge on any atom is -0.480 e. The number of hydrogen-bond acceptors (Lipinski definition) is 5. The lowest BCUT2D eigenvalue weighted by Crippen LogP contribution is -2.46. The number of carboxylic acid groups (broad SMARTS) is 1. The van der Waals surface area contributed by atoms with Crippen LogP contribution in [-0.4, -0.2) is 57.5 Å². The third-order valence-electron chi connectivity index (χ3n) is 3.10. The highest BCUT2D eigenvalue weighted by atomic mass is 32.2. The van der Waals surface area contributed by atoms with E-state index in [1.165, 1.54) is 23.6 Å². The second-order valence-corrected chi connectivity index (χ2v) is 7.39. The molecule has 0 aliphatic carbocycles. The molecule has 21 heavy (non-hydrogen) atoms. The molecule has 7 heteroatoms. The van der Waals surface area contributed by atoms with E-state index < -0.39 is 17.6 Å². The van der Waals surface area contributed by atoms with Crippen molar-refractivity contribution in [3.63, 3.8) is 0 Å². The zero-order chi connectivity index (χ0) is 16.2. The van der Waals surface area contributed by atoms with Gasteiger partial charge in [0.1, 0.15) is 0 Å². The lowest BCUT2D eigenvalue weighted by Gasteiger charge is -2.28. The summed E-state index contributed by atoms with van der Waals surface area (Å²) in [5, 5.41) is 9.33. The van der Waals surface area contributed by atoms with Crippen LogP contribution in [0.2, 0.25) is 0 Å². The van der Waals surface area contributed by atoms with Gasteiger partial charge in [0.25, 0.3) is 0 Å². The van der Waals surface area contributed by atoms with Gasteiger partial charge in [0.05, 0.1) is 12.2 Å². The lowest BCUT2D eigenvalue weighted by atomic mass is 10.1. The average molecular weight is 317 g/mol. The molecule has 6 nitrogen and oxygen atoms in total. The van der Waals surface area contributed by atoms with E-state index >= 15 is 0 Å². The molecule has 1 amide bonds. The van der Waals surface area contributed by atoms with E-state index in [1.807, 2.05) is 20.8 Å². The predicted molar refractivity (Wildman–Crippen MR) is 80.1 cm³/mol. The van der Waals surface area contributed by atoms with Crippen LogP contribution < -0.4 is 0 Å². The van der Waals surface area contributed by atoms with Gasteiger partial charge in [-0.25, -0.2) is 4.79 Å². The van der Waals surface area contributed by atoms with Gasteiger partial charge < -0.3 is 14.7 Å². The van der Waals surface area contributed by atoms with Gasteiger partial charge in [-0.15, -0.1) is 0 Å². The van der Waals surface area contributed by atoms with Gasteiger partial charge in [0.15, 0.2) is 11.2 Å². The summed E-state index contributed by atoms with van der Waals surface area (Å²) in [6.45, 7) is 7.33. The van der Waals surface area contributed by atoms with Crippen LogP contribution in [0.4, 0.5) is 0 Å². The Kier molecular flexibility index (Phi) is 6.22. The Balaban J connectivity index is 2.64. The molecule has 120 valence electrons. The Morgan fingerprint density at radius 2 is 2.10 bits per heavy atom. The molecule has 0 aromatic heterocycles. The van der Waals surface area contributed by atoms with Gasteiger partial charge in [-0.3, -0.25) is 9.59 Å². The number of rotatable bonds is 6. The van der Waals surface area contributed by atoms with Crippen molar-refractivity contribution < 1.29 is 24.2 Å². The highest BCUT2D eigenvalue weighted by molar-refractivity contribution is 8.13. The Morgan fingerprint density at radius 1 is 1.48 bits per heavy atom. The number of carbonyl (C=O) groups excluding carboxylic acids is 2. The summed E-state index contributed by atoms with van der Waals surface area (Å²) >= 11 is 1.17. The fourth-order valence-corrected chi connectivity index (χ4v) is 2.77. The van der Waals surface area contributed by atoms with Gasteiger partial charge in [0, 0.05) is 25.6 Å². The summed E-state index contributed by atoms with van der Waals surface area (Å²) in [7, 11) is 0. The van der Waals surface area contributed by atoms with Crippen molar-refractivity contribution in [2.75, 3.05) is 18.9 Å². The molecule has 0 saturated carbocycles. The highest BCUT2D eigenvalue weighted by Crippen LogP contribution is 2.25. The van der Waals surface area contributed by atoms with E-state index in [-0.39, 0.29) is 23.5 Å². The van der Waals surface area contributed by atoms with Crippen LogP contribution in [0.15, 0.2) is 0 Å². The first kappa shape index (κ1) is 18.0. The van der Waals surface area contributed by atoms with Crippen molar-refractivity contribution in [2.45, 2.75) is 45.8 Å². The molecule has 0 aromatic carbocycles. The SMILES string of the molecule is CC(=O)SCC1CC(=O)N([C@@H](COC(C)(C)C)C(=O)O)C1. The Bertz CT molecular complexity index is 418. The molecule has 0 radical (unpaired) electrons. The molecule has 0 spiro atoms. The molecule has 1 N–H and O–H groups in total. The third kappa shape index (κ3) is 6.05. The molecule has 2 atom stereocenters. The zero-order valence-electron chi connectivity index (χ0n) is 12.9. The maximum atomic E-state index is 12.0. The van der Waals surface area contributed by atoms with Crippen LogP contribution in [0.1, 0.15) is 34.1 Å². The number of aliphatic carboxylic acids is 1. The monoisotopic (exact) mass is 317 g/mol. The number of thioether (sulfide) groups is 1. The average Bonchev–Trinajstić information content (AvgIpc) is 2.66. The van der Waals surface area contributed by atoms with Gasteiger partial charge >= 0.3 is 5.97 Å². The molecule has 0 bridgehead atoms. The van der Waals surface area contributed by atoms with E-state index in [0.29, 0.717) is 18.7 Å². The molecule has 1 heterocycles. The molecule has 1 fully saturated rings. The van der Waals surface area contributed by atoms with Gasteiger partial charge in [0.2, 0.25) is 5.91 Å². The van der Waals surface area contributed by atoms with Gasteiger partial charge in [-0.1, -0.05) is 11.8 Å². The first-order valence-electron chi connectivity index (χ1n) is 6.89. The van der Waals surface area contributed by atoms with E-state index in [1.54, 1.807) is 0 Å². The van der Waals surface area contributed by atoms with Crippen molar-refractivity contribution in [1.29, 1.82) is 0 Å². The van der Waals surface area contributed by atoms with E-state index in [0.717, 1.165) is 0 Å². The topological polar surface area (TPSA) is 83.9 Å². The fourth-order valence-electron chi connectivity index (χ4n) is 2.08. The minimum atomic E-state index is -1.06. The first-order valence-corrected chi connectivity index (χ1v) is 7.88. The largest absolute Gasteiger partial charge is 0.480 e. The minimum absolute atomic E-state index is 0.00625. The molecule has 1 aliphatic heterocycles. The summed E-state index contributed by atoms with van der Waals surface area (Å²) in [5.41, 5.74) is -0.458. The number of amides is 1. The van der Waals surface area contributed by atoms with Crippen molar-refractivity contribution >= 4 is 28.8 Å². The summed E-state index contributed by atoms with van der Waals surface area (Å²) in [6.07, 6.45) is 0.291. The second-order valence-electron chi connectivity index (χ2n) is 6.20. The number of likely N-dealkylation sites (tertiary alicyclic amines) is 1. The van der Waals surface area contributed by atoms with Crippen molar-refractivity contribution in [3.8, 4) is 0 Å². The normalized spacial score (nSPS) is 20.7. The Morgan fingerprint density at radius 3 is 2.57 bits per heavy atom. The quantitative estimate of drug-likeness (QED) is 0.797. The maximum absolute atomic E-state index is 12.0. The molecular formula is C14H23NO5S. The molecular weight excluding hydrogens is 294 g/mol. The highest BCUT2D eigenvalue weighted by Gasteiger charge is 2.38. The second kappa shape index (κ2) is 7.26. The Hall–Kier alpha value is -1.08. The van der Waals surface area contributed by atoms with Crippen LogP contribution in [0.25, 0.3) is 0 Å². The molecule has 0 aromatic rings. The Labute approximate surface area is 129 Å². The van der Waals surface area contributed by atoms with Crippen LogP contribution in [-0.2, 0) is 19.1 Å². The molecule has 1 saturated heterocycles. The van der Waals surface area contributed by atoms with Crippen LogP contribution >= 0.6 is 11.8 Å². The maximum Gasteiger partial charge on any atom is 0.328 e. The van der Waals surface area contributed by atoms with E-state index in [9.17, 15) is 19.5 Å². The smallest absolute Gasteiger partial charge is 0.328 e. The number of ether oxygens (including phenoxy) is 1. The first-order chi connectivity index (χ1) is 9.60. The van der Waals surface area contributed by atoms with Crippen LogP contribution in [0.5, 0.6) is 0 Å². The van der Waals surface area contributed by atoms with E-state index in [4.69, 9.17) is 4.74 Å². The fraction of sp³-hybridized carbons (Fsp3) is 0.786. The van der Waals surface area contributed by atoms with Crippen LogP contribution in [0, 0.1) is 5.92 Å². The van der Waals surface area contributed by atoms with Gasteiger partial charge in [-0.2, -0.15) is 0 Å². The third-order valence-corrected chi connectivity index (χ3v) is 4.14. The summed E-state index contributed by atoms with van der Waals surface area (Å²) in [6, 6.07) is -0.968. The predicted octanol–water partition coefficient (Wildman–Crippen LogP) is 1.38. The number of hydrogen-bond donors (Lipinski definition) is 1. The van der Waals surface area contributed by atoms with E-state index in [2.05, 4.69) is 0 Å². The van der Waals surface area contributed by atoms with Gasteiger partial charge in [-0.05, 0) is 26.7 Å². The molecule has 1 aliphatic rings. The standard InChI is InChI=1S/C14H23NO5S/c1-9(16)21-8-10-5-12(17)15(6-10)11(13(18)19)7-20-14(2,3)4/h10-11H,5-8H2,1-4H3,(H,18,19)/t10?,11-/m0/s1. The zero-order valence-corrected chi connectivity index (χ0v) is 13.7.